The number of rotatable bonds is 3. The van der Waals surface area contributed by atoms with Crippen molar-refractivity contribution < 1.29 is 33.6 Å². The normalized spacial score (nSPS) is 10.0. The Balaban J connectivity index is 0.00000162. The quantitative estimate of drug-likeness (QED) is 0.228. The minimum Gasteiger partial charge on any atom is -1.00 e. The van der Waals surface area contributed by atoms with Crippen molar-refractivity contribution in [2.24, 2.45) is 5.10 Å². The summed E-state index contributed by atoms with van der Waals surface area (Å²) in [4.78, 5) is 10.2. The molecule has 0 aliphatic heterocycles. The van der Waals surface area contributed by atoms with Crippen molar-refractivity contribution >= 4 is 11.9 Å². The molecule has 18 heavy (non-hydrogen) atoms. The second-order valence-electron chi connectivity index (χ2n) is 3.35. The first-order valence-electron chi connectivity index (χ1n) is 5.01. The molecule has 0 aliphatic carbocycles. The van der Waals surface area contributed by atoms with Crippen molar-refractivity contribution in [2.75, 3.05) is 0 Å². The van der Waals surface area contributed by atoms with Crippen molar-refractivity contribution in [1.82, 2.24) is 0 Å². The van der Waals surface area contributed by atoms with E-state index in [1.807, 2.05) is 18.2 Å². The van der Waals surface area contributed by atoms with Crippen molar-refractivity contribution in [1.29, 1.82) is 0 Å². The first kappa shape index (κ1) is 14.2. The van der Waals surface area contributed by atoms with E-state index in [0.717, 1.165) is 0 Å². The molecule has 1 heterocycles. The summed E-state index contributed by atoms with van der Waals surface area (Å²) in [6.45, 7) is 0. The Morgan fingerprint density at radius 2 is 1.89 bits per heavy atom. The molecule has 2 aromatic rings. The SMILES string of the molecule is O=[N+]([O-])c1cccc(/C=N\[n+]2ccccc2)c1.[I-]. The molecule has 6 heteroatoms. The maximum atomic E-state index is 10.6. The van der Waals surface area contributed by atoms with Gasteiger partial charge < -0.3 is 24.0 Å². The molecule has 0 amide bonds. The Bertz CT molecular complexity index is 558. The zero-order valence-corrected chi connectivity index (χ0v) is 11.5. The maximum absolute atomic E-state index is 10.6. The summed E-state index contributed by atoms with van der Waals surface area (Å²) in [6, 6.07) is 11.9. The van der Waals surface area contributed by atoms with E-state index in [9.17, 15) is 10.1 Å². The number of halogens is 1. The van der Waals surface area contributed by atoms with Crippen LogP contribution in [0.3, 0.4) is 0 Å². The fraction of sp³-hybridized carbons (Fsp3) is 0. The van der Waals surface area contributed by atoms with Gasteiger partial charge in [0.15, 0.2) is 0 Å². The number of benzene rings is 1. The second-order valence-corrected chi connectivity index (χ2v) is 3.35. The first-order valence-corrected chi connectivity index (χ1v) is 5.01. The standard InChI is InChI=1S/C12H10N3O2.HI/c16-15(17)12-6-4-5-11(9-12)10-13-14-7-2-1-3-8-14;/h1-10H;1H/q+1;/p-1/b13-10-;. The molecule has 0 fully saturated rings. The van der Waals surface area contributed by atoms with E-state index < -0.39 is 4.92 Å². The lowest BCUT2D eigenvalue weighted by atomic mass is 10.2. The van der Waals surface area contributed by atoms with Crippen LogP contribution in [-0.4, -0.2) is 11.1 Å². The molecule has 1 aromatic heterocycles. The van der Waals surface area contributed by atoms with Gasteiger partial charge in [0, 0.05) is 29.8 Å². The van der Waals surface area contributed by atoms with Gasteiger partial charge in [-0.25, -0.2) is 0 Å². The molecule has 0 spiro atoms. The van der Waals surface area contributed by atoms with Crippen molar-refractivity contribution in [2.45, 2.75) is 0 Å². The van der Waals surface area contributed by atoms with Crippen LogP contribution in [0.4, 0.5) is 5.69 Å². The molecule has 0 bridgehead atoms. The van der Waals surface area contributed by atoms with Crippen LogP contribution in [-0.2, 0) is 0 Å². The lowest BCUT2D eigenvalue weighted by Gasteiger charge is -1.92. The molecule has 0 saturated heterocycles. The van der Waals surface area contributed by atoms with E-state index in [-0.39, 0.29) is 29.7 Å². The molecular weight excluding hydrogens is 345 g/mol. The van der Waals surface area contributed by atoms with Crippen LogP contribution in [0.15, 0.2) is 60.0 Å². The van der Waals surface area contributed by atoms with Crippen molar-refractivity contribution in [3.05, 3.63) is 70.5 Å². The predicted octanol–water partition coefficient (Wildman–Crippen LogP) is -1.23. The summed E-state index contributed by atoms with van der Waals surface area (Å²) in [5.74, 6) is 0. The monoisotopic (exact) mass is 355 g/mol. The molecule has 0 aliphatic rings. The Kier molecular flexibility index (Phi) is 5.37. The van der Waals surface area contributed by atoms with Crippen LogP contribution in [0, 0.1) is 10.1 Å². The van der Waals surface area contributed by atoms with Gasteiger partial charge in [0.2, 0.25) is 12.4 Å². The predicted molar refractivity (Wildman–Crippen MR) is 62.7 cm³/mol. The summed E-state index contributed by atoms with van der Waals surface area (Å²) < 4.78 is 1.62. The van der Waals surface area contributed by atoms with Crippen LogP contribution in [0.25, 0.3) is 0 Å². The van der Waals surface area contributed by atoms with E-state index in [0.29, 0.717) is 5.56 Å². The van der Waals surface area contributed by atoms with Gasteiger partial charge in [0.1, 0.15) is 6.21 Å². The fourth-order valence-electron chi connectivity index (χ4n) is 1.32. The lowest BCUT2D eigenvalue weighted by molar-refractivity contribution is -0.678. The number of nitrogens with zero attached hydrogens (tertiary/aromatic N) is 3. The number of pyridine rings is 1. The zero-order chi connectivity index (χ0) is 12.1. The summed E-state index contributed by atoms with van der Waals surface area (Å²) >= 11 is 0. The highest BCUT2D eigenvalue weighted by Gasteiger charge is 2.04. The molecule has 0 radical (unpaired) electrons. The van der Waals surface area contributed by atoms with E-state index in [1.165, 1.54) is 12.1 Å². The smallest absolute Gasteiger partial charge is 0.270 e. The number of aromatic nitrogens is 1. The van der Waals surface area contributed by atoms with E-state index >= 15 is 0 Å². The highest BCUT2D eigenvalue weighted by atomic mass is 127. The Labute approximate surface area is 121 Å². The van der Waals surface area contributed by atoms with Gasteiger partial charge in [-0.05, 0) is 5.10 Å². The molecule has 2 rings (SSSR count). The van der Waals surface area contributed by atoms with Gasteiger partial charge in [0.05, 0.1) is 4.92 Å². The first-order chi connectivity index (χ1) is 8.25. The van der Waals surface area contributed by atoms with Gasteiger partial charge in [-0.2, -0.15) is 0 Å². The molecule has 0 unspecified atom stereocenters. The fourth-order valence-corrected chi connectivity index (χ4v) is 1.32. The molecule has 1 aromatic carbocycles. The average molecular weight is 355 g/mol. The number of non-ortho nitro benzene ring substituents is 1. The third-order valence-corrected chi connectivity index (χ3v) is 2.12. The van der Waals surface area contributed by atoms with Crippen molar-refractivity contribution in [3.8, 4) is 0 Å². The number of nitro groups is 1. The van der Waals surface area contributed by atoms with Gasteiger partial charge in [0.25, 0.3) is 5.69 Å². The van der Waals surface area contributed by atoms with E-state index in [4.69, 9.17) is 0 Å². The highest BCUT2D eigenvalue weighted by molar-refractivity contribution is 5.80. The van der Waals surface area contributed by atoms with Crippen molar-refractivity contribution in [3.63, 3.8) is 0 Å². The van der Waals surface area contributed by atoms with E-state index in [1.54, 1.807) is 35.4 Å². The number of hydrogen-bond donors (Lipinski definition) is 0. The van der Waals surface area contributed by atoms with Crippen LogP contribution in [0.5, 0.6) is 0 Å². The number of nitro benzene ring substituents is 1. The molecule has 0 saturated carbocycles. The lowest BCUT2D eigenvalue weighted by Crippen LogP contribution is -3.00. The Hall–Kier alpha value is -1.83. The minimum atomic E-state index is -0.424. The van der Waals surface area contributed by atoms with Gasteiger partial charge in [-0.15, -0.1) is 0 Å². The Morgan fingerprint density at radius 1 is 1.17 bits per heavy atom. The summed E-state index contributed by atoms with van der Waals surface area (Å²) in [7, 11) is 0. The third kappa shape index (κ3) is 3.88. The van der Waals surface area contributed by atoms with Gasteiger partial charge >= 0.3 is 0 Å². The number of hydrogen-bond acceptors (Lipinski definition) is 3. The summed E-state index contributed by atoms with van der Waals surface area (Å²) in [5, 5.41) is 14.7. The van der Waals surface area contributed by atoms with E-state index in [2.05, 4.69) is 5.10 Å². The Morgan fingerprint density at radius 3 is 2.56 bits per heavy atom. The summed E-state index contributed by atoms with van der Waals surface area (Å²) in [6.07, 6.45) is 5.15. The second kappa shape index (κ2) is 6.80. The molecule has 0 N–H and O–H groups in total. The molecule has 92 valence electrons. The zero-order valence-electron chi connectivity index (χ0n) is 9.31. The van der Waals surface area contributed by atoms with Crippen LogP contribution >= 0.6 is 0 Å². The molecule has 5 nitrogen and oxygen atoms in total. The summed E-state index contributed by atoms with van der Waals surface area (Å²) in [5.41, 5.74) is 0.752. The van der Waals surface area contributed by atoms with Gasteiger partial charge in [-0.1, -0.05) is 22.9 Å². The highest BCUT2D eigenvalue weighted by Crippen LogP contribution is 2.11. The van der Waals surface area contributed by atoms with Gasteiger partial charge in [-0.3, -0.25) is 10.1 Å². The largest absolute Gasteiger partial charge is 1.00 e. The topological polar surface area (TPSA) is 59.4 Å². The van der Waals surface area contributed by atoms with Crippen LogP contribution in [0.1, 0.15) is 5.56 Å². The maximum Gasteiger partial charge on any atom is 0.270 e. The molecular formula is C12H10IN3O2. The van der Waals surface area contributed by atoms with Crippen LogP contribution < -0.4 is 28.7 Å². The third-order valence-electron chi connectivity index (χ3n) is 2.12. The minimum absolute atomic E-state index is 0. The molecule has 0 atom stereocenters. The average Bonchev–Trinajstić information content (AvgIpc) is 2.38. The van der Waals surface area contributed by atoms with Crippen LogP contribution in [0.2, 0.25) is 0 Å².